The second-order valence-electron chi connectivity index (χ2n) is 6.90. The van der Waals surface area contributed by atoms with Crippen LogP contribution >= 0.6 is 0 Å². The number of ether oxygens (including phenoxy) is 1. The first kappa shape index (κ1) is 19.6. The molecule has 0 unspecified atom stereocenters. The average Bonchev–Trinajstić information content (AvgIpc) is 2.67. The quantitative estimate of drug-likeness (QED) is 0.815. The minimum atomic E-state index is -3.79. The fourth-order valence-electron chi connectivity index (χ4n) is 3.56. The van der Waals surface area contributed by atoms with Gasteiger partial charge in [-0.3, -0.25) is 9.59 Å². The molecule has 9 heteroatoms. The first-order valence-corrected chi connectivity index (χ1v) is 10.5. The highest BCUT2D eigenvalue weighted by Gasteiger charge is 2.34. The smallest absolute Gasteiger partial charge is 0.254 e. The second-order valence-corrected chi connectivity index (χ2v) is 8.76. The molecule has 2 amide bonds. The molecule has 2 fully saturated rings. The number of methoxy groups -OCH3 is 1. The van der Waals surface area contributed by atoms with E-state index in [9.17, 15) is 18.0 Å². The topological polar surface area (TPSA) is 96.0 Å². The number of nitrogens with one attached hydrogen (secondary N) is 1. The molecule has 8 nitrogen and oxygen atoms in total. The molecule has 3 rings (SSSR count). The molecule has 0 spiro atoms. The van der Waals surface area contributed by atoms with E-state index in [-0.39, 0.29) is 40.6 Å². The number of rotatable bonds is 4. The zero-order valence-corrected chi connectivity index (χ0v) is 16.4. The summed E-state index contributed by atoms with van der Waals surface area (Å²) in [7, 11) is -2.39. The molecule has 0 aliphatic carbocycles. The van der Waals surface area contributed by atoms with Gasteiger partial charge >= 0.3 is 0 Å². The Kier molecular flexibility index (Phi) is 5.71. The Bertz CT molecular complexity index is 839. The van der Waals surface area contributed by atoms with Gasteiger partial charge in [-0.15, -0.1) is 0 Å². The van der Waals surface area contributed by atoms with E-state index >= 15 is 0 Å². The highest BCUT2D eigenvalue weighted by atomic mass is 32.2. The maximum atomic E-state index is 13.2. The number of benzene rings is 1. The maximum absolute atomic E-state index is 13.2. The molecule has 1 aromatic rings. The van der Waals surface area contributed by atoms with Crippen molar-refractivity contribution in [3.05, 3.63) is 23.8 Å². The first-order chi connectivity index (χ1) is 12.8. The minimum Gasteiger partial charge on any atom is -0.495 e. The molecule has 1 atom stereocenters. The number of hydrogen-bond donors (Lipinski definition) is 1. The summed E-state index contributed by atoms with van der Waals surface area (Å²) in [5, 5.41) is 2.66. The van der Waals surface area contributed by atoms with Crippen molar-refractivity contribution in [2.24, 2.45) is 0 Å². The normalized spacial score (nSPS) is 21.6. The van der Waals surface area contributed by atoms with Gasteiger partial charge in [0.15, 0.2) is 0 Å². The van der Waals surface area contributed by atoms with Crippen LogP contribution in [0.25, 0.3) is 0 Å². The number of carbonyl (C=O) groups is 2. The minimum absolute atomic E-state index is 0.00828. The lowest BCUT2D eigenvalue weighted by atomic mass is 10.1. The Labute approximate surface area is 159 Å². The summed E-state index contributed by atoms with van der Waals surface area (Å²) in [6.45, 7) is 3.09. The average molecular weight is 395 g/mol. The van der Waals surface area contributed by atoms with Crippen molar-refractivity contribution in [1.29, 1.82) is 0 Å². The summed E-state index contributed by atoms with van der Waals surface area (Å²) in [6, 6.07) is 4.30. The predicted molar refractivity (Wildman–Crippen MR) is 99.1 cm³/mol. The van der Waals surface area contributed by atoms with Crippen LogP contribution in [0.5, 0.6) is 5.75 Å². The van der Waals surface area contributed by atoms with E-state index in [1.165, 1.54) is 34.5 Å². The largest absolute Gasteiger partial charge is 0.495 e. The fourth-order valence-corrected chi connectivity index (χ4v) is 5.44. The molecule has 27 heavy (non-hydrogen) atoms. The van der Waals surface area contributed by atoms with Crippen molar-refractivity contribution in [2.45, 2.75) is 37.1 Å². The van der Waals surface area contributed by atoms with Crippen molar-refractivity contribution in [3.8, 4) is 5.75 Å². The highest BCUT2D eigenvalue weighted by molar-refractivity contribution is 7.89. The number of carbonyl (C=O) groups excluding carboxylic acids is 2. The summed E-state index contributed by atoms with van der Waals surface area (Å²) in [4.78, 5) is 25.7. The lowest BCUT2D eigenvalue weighted by Crippen LogP contribution is -2.50. The van der Waals surface area contributed by atoms with Crippen molar-refractivity contribution < 1.29 is 22.7 Å². The van der Waals surface area contributed by atoms with Gasteiger partial charge in [0.25, 0.3) is 5.91 Å². The summed E-state index contributed by atoms with van der Waals surface area (Å²) >= 11 is 0. The van der Waals surface area contributed by atoms with Gasteiger partial charge in [-0.25, -0.2) is 8.42 Å². The number of piperidine rings is 1. The predicted octanol–water partition coefficient (Wildman–Crippen LogP) is 0.830. The van der Waals surface area contributed by atoms with Gasteiger partial charge in [0.05, 0.1) is 13.7 Å². The van der Waals surface area contributed by atoms with Crippen molar-refractivity contribution >= 4 is 21.8 Å². The molecule has 0 radical (unpaired) electrons. The maximum Gasteiger partial charge on any atom is 0.254 e. The number of nitrogens with zero attached hydrogens (tertiary/aromatic N) is 2. The third-order valence-corrected chi connectivity index (χ3v) is 7.10. The highest BCUT2D eigenvalue weighted by Crippen LogP contribution is 2.32. The van der Waals surface area contributed by atoms with E-state index in [2.05, 4.69) is 5.32 Å². The third kappa shape index (κ3) is 3.93. The van der Waals surface area contributed by atoms with Gasteiger partial charge in [-0.1, -0.05) is 6.42 Å². The van der Waals surface area contributed by atoms with Gasteiger partial charge < -0.3 is 15.0 Å². The number of amides is 2. The van der Waals surface area contributed by atoms with Gasteiger partial charge in [-0.2, -0.15) is 4.31 Å². The van der Waals surface area contributed by atoms with Gasteiger partial charge in [0.1, 0.15) is 10.6 Å². The van der Waals surface area contributed by atoms with Crippen molar-refractivity contribution in [2.75, 3.05) is 33.3 Å². The Morgan fingerprint density at radius 2 is 2.04 bits per heavy atom. The lowest BCUT2D eigenvalue weighted by molar-refractivity contribution is -0.123. The summed E-state index contributed by atoms with van der Waals surface area (Å²) in [5.41, 5.74) is 0.230. The van der Waals surface area contributed by atoms with E-state index in [0.717, 1.165) is 19.3 Å². The zero-order valence-electron chi connectivity index (χ0n) is 15.6. The second kappa shape index (κ2) is 7.85. The molecule has 2 aliphatic rings. The first-order valence-electron chi connectivity index (χ1n) is 9.10. The van der Waals surface area contributed by atoms with Gasteiger partial charge in [0, 0.05) is 31.2 Å². The van der Waals surface area contributed by atoms with Crippen LogP contribution in [-0.4, -0.2) is 68.8 Å². The Balaban J connectivity index is 1.96. The Morgan fingerprint density at radius 1 is 1.26 bits per heavy atom. The van der Waals surface area contributed by atoms with Crippen LogP contribution in [-0.2, 0) is 14.8 Å². The van der Waals surface area contributed by atoms with Crippen LogP contribution in [0, 0.1) is 0 Å². The van der Waals surface area contributed by atoms with Crippen molar-refractivity contribution in [3.63, 3.8) is 0 Å². The van der Waals surface area contributed by atoms with E-state index in [4.69, 9.17) is 4.74 Å². The van der Waals surface area contributed by atoms with Gasteiger partial charge in [0.2, 0.25) is 15.9 Å². The van der Waals surface area contributed by atoms with Crippen LogP contribution in [0.4, 0.5) is 0 Å². The van der Waals surface area contributed by atoms with Gasteiger partial charge in [-0.05, 0) is 38.0 Å². The summed E-state index contributed by atoms with van der Waals surface area (Å²) in [6.07, 6.45) is 2.62. The lowest BCUT2D eigenvalue weighted by Gasteiger charge is -2.32. The Hall–Kier alpha value is -2.13. The monoisotopic (exact) mass is 395 g/mol. The van der Waals surface area contributed by atoms with E-state index in [1.54, 1.807) is 0 Å². The van der Waals surface area contributed by atoms with Crippen LogP contribution in [0.1, 0.15) is 36.5 Å². The van der Waals surface area contributed by atoms with E-state index in [0.29, 0.717) is 19.6 Å². The molecule has 0 aromatic heterocycles. The van der Waals surface area contributed by atoms with Crippen LogP contribution in [0.2, 0.25) is 0 Å². The molecule has 2 heterocycles. The summed E-state index contributed by atoms with van der Waals surface area (Å²) < 4.78 is 33.2. The zero-order chi connectivity index (χ0) is 19.6. The number of piperazine rings is 1. The Morgan fingerprint density at radius 3 is 2.70 bits per heavy atom. The standard InChI is InChI=1S/C18H25N3O5S/c1-13-5-3-4-9-21(13)27(24,25)16-11-14(6-7-15(16)26-2)18(23)20-10-8-19-17(22)12-20/h6-7,11,13H,3-5,8-10,12H2,1-2H3,(H,19,22)/t13-/m0/s1. The SMILES string of the molecule is COc1ccc(C(=O)N2CCNC(=O)C2)cc1S(=O)(=O)N1CCCC[C@@H]1C. The third-order valence-electron chi connectivity index (χ3n) is 5.06. The van der Waals surface area contributed by atoms with Crippen LogP contribution < -0.4 is 10.1 Å². The molecule has 0 saturated carbocycles. The van der Waals surface area contributed by atoms with E-state index in [1.807, 2.05) is 6.92 Å². The van der Waals surface area contributed by atoms with Crippen molar-refractivity contribution in [1.82, 2.24) is 14.5 Å². The number of hydrogen-bond acceptors (Lipinski definition) is 5. The molecular weight excluding hydrogens is 370 g/mol. The van der Waals surface area contributed by atoms with E-state index < -0.39 is 10.0 Å². The molecule has 148 valence electrons. The van der Waals surface area contributed by atoms with Crippen LogP contribution in [0.3, 0.4) is 0 Å². The summed E-state index contributed by atoms with van der Waals surface area (Å²) in [5.74, 6) is -0.380. The molecular formula is C18H25N3O5S. The fraction of sp³-hybridized carbons (Fsp3) is 0.556. The molecule has 0 bridgehead atoms. The van der Waals surface area contributed by atoms with Crippen LogP contribution in [0.15, 0.2) is 23.1 Å². The number of sulfonamides is 1. The molecule has 1 N–H and O–H groups in total. The molecule has 2 saturated heterocycles. The molecule has 1 aromatic carbocycles. The molecule has 2 aliphatic heterocycles.